The number of halogens is 3. The van der Waals surface area contributed by atoms with Gasteiger partial charge in [0.1, 0.15) is 11.9 Å². The SMILES string of the molecule is CC(C)(CNc1ccc(-c2cccc(C(F)(F)F)c2)cn1)NCC(=O)N1CCCC1C#N. The molecule has 2 heterocycles. The molecule has 1 unspecified atom stereocenters. The number of hydrogen-bond acceptors (Lipinski definition) is 5. The lowest BCUT2D eigenvalue weighted by Crippen LogP contribution is -2.50. The van der Waals surface area contributed by atoms with Gasteiger partial charge in [-0.15, -0.1) is 0 Å². The third-order valence-electron chi connectivity index (χ3n) is 5.44. The number of carbonyl (C=O) groups is 1. The van der Waals surface area contributed by atoms with E-state index in [1.54, 1.807) is 23.1 Å². The van der Waals surface area contributed by atoms with Crippen LogP contribution in [0.1, 0.15) is 32.3 Å². The van der Waals surface area contributed by atoms with Gasteiger partial charge in [-0.25, -0.2) is 4.98 Å². The number of nitriles is 1. The van der Waals surface area contributed by atoms with Gasteiger partial charge in [0.15, 0.2) is 0 Å². The van der Waals surface area contributed by atoms with Crippen molar-refractivity contribution in [3.8, 4) is 17.2 Å². The maximum absolute atomic E-state index is 12.9. The Morgan fingerprint density at radius 1 is 1.25 bits per heavy atom. The van der Waals surface area contributed by atoms with Crippen molar-refractivity contribution in [2.75, 3.05) is 25.0 Å². The Kier molecular flexibility index (Phi) is 7.04. The van der Waals surface area contributed by atoms with Crippen LogP contribution in [0, 0.1) is 11.3 Å². The number of pyridine rings is 1. The molecule has 1 aliphatic heterocycles. The number of aromatic nitrogens is 1. The summed E-state index contributed by atoms with van der Waals surface area (Å²) in [5, 5.41) is 15.5. The maximum atomic E-state index is 12.9. The molecule has 1 atom stereocenters. The quantitative estimate of drug-likeness (QED) is 0.672. The van der Waals surface area contributed by atoms with Crippen molar-refractivity contribution < 1.29 is 18.0 Å². The van der Waals surface area contributed by atoms with Crippen LogP contribution in [0.3, 0.4) is 0 Å². The topological polar surface area (TPSA) is 81.1 Å². The average molecular weight is 445 g/mol. The second-order valence-electron chi connectivity index (χ2n) is 8.48. The molecule has 1 aromatic heterocycles. The second-order valence-corrected chi connectivity index (χ2v) is 8.48. The molecule has 0 aliphatic carbocycles. The molecule has 1 amide bonds. The highest BCUT2D eigenvalue weighted by atomic mass is 19.4. The lowest BCUT2D eigenvalue weighted by Gasteiger charge is -2.28. The number of likely N-dealkylation sites (tertiary alicyclic amines) is 1. The molecular weight excluding hydrogens is 419 g/mol. The van der Waals surface area contributed by atoms with Gasteiger partial charge in [0.2, 0.25) is 5.91 Å². The van der Waals surface area contributed by atoms with Crippen LogP contribution in [-0.4, -0.2) is 47.0 Å². The van der Waals surface area contributed by atoms with Crippen LogP contribution >= 0.6 is 0 Å². The Bertz CT molecular complexity index is 982. The molecule has 1 fully saturated rings. The summed E-state index contributed by atoms with van der Waals surface area (Å²) in [5.74, 6) is 0.483. The third kappa shape index (κ3) is 5.98. The van der Waals surface area contributed by atoms with E-state index in [-0.39, 0.29) is 18.5 Å². The summed E-state index contributed by atoms with van der Waals surface area (Å²) in [6, 6.07) is 10.4. The van der Waals surface area contributed by atoms with Crippen molar-refractivity contribution in [1.29, 1.82) is 5.26 Å². The number of nitrogens with one attached hydrogen (secondary N) is 2. The fraction of sp³-hybridized carbons (Fsp3) is 0.435. The number of benzene rings is 1. The predicted molar refractivity (Wildman–Crippen MR) is 116 cm³/mol. The molecule has 0 bridgehead atoms. The molecule has 1 aromatic carbocycles. The van der Waals surface area contributed by atoms with Gasteiger partial charge >= 0.3 is 6.18 Å². The first-order valence-electron chi connectivity index (χ1n) is 10.4. The van der Waals surface area contributed by atoms with Crippen molar-refractivity contribution >= 4 is 11.7 Å². The molecule has 9 heteroatoms. The lowest BCUT2D eigenvalue weighted by molar-refractivity contribution is -0.137. The molecular formula is C23H26F3N5O. The van der Waals surface area contributed by atoms with Gasteiger partial charge in [-0.1, -0.05) is 12.1 Å². The van der Waals surface area contributed by atoms with Crippen molar-refractivity contribution in [3.63, 3.8) is 0 Å². The third-order valence-corrected chi connectivity index (χ3v) is 5.44. The predicted octanol–water partition coefficient (Wildman–Crippen LogP) is 4.06. The molecule has 0 radical (unpaired) electrons. The lowest BCUT2D eigenvalue weighted by atomic mass is 10.0. The maximum Gasteiger partial charge on any atom is 0.416 e. The van der Waals surface area contributed by atoms with E-state index < -0.39 is 17.3 Å². The summed E-state index contributed by atoms with van der Waals surface area (Å²) in [6.07, 6.45) is -1.31. The first-order valence-corrected chi connectivity index (χ1v) is 10.4. The average Bonchev–Trinajstić information content (AvgIpc) is 3.25. The van der Waals surface area contributed by atoms with Crippen molar-refractivity contribution in [2.45, 2.75) is 44.4 Å². The molecule has 2 N–H and O–H groups in total. The van der Waals surface area contributed by atoms with E-state index in [4.69, 9.17) is 5.26 Å². The first-order chi connectivity index (χ1) is 15.1. The number of rotatable bonds is 7. The fourth-order valence-electron chi connectivity index (χ4n) is 3.53. The second kappa shape index (κ2) is 9.57. The molecule has 1 aliphatic rings. The molecule has 170 valence electrons. The molecule has 32 heavy (non-hydrogen) atoms. The van der Waals surface area contributed by atoms with E-state index in [2.05, 4.69) is 21.7 Å². The molecule has 2 aromatic rings. The van der Waals surface area contributed by atoms with Gasteiger partial charge in [-0.3, -0.25) is 4.79 Å². The van der Waals surface area contributed by atoms with E-state index >= 15 is 0 Å². The fourth-order valence-corrected chi connectivity index (χ4v) is 3.53. The summed E-state index contributed by atoms with van der Waals surface area (Å²) < 4.78 is 38.8. The highest BCUT2D eigenvalue weighted by Crippen LogP contribution is 2.32. The van der Waals surface area contributed by atoms with Crippen LogP contribution in [0.4, 0.5) is 19.0 Å². The van der Waals surface area contributed by atoms with E-state index in [0.29, 0.717) is 30.0 Å². The Morgan fingerprint density at radius 3 is 2.69 bits per heavy atom. The summed E-state index contributed by atoms with van der Waals surface area (Å²) in [6.45, 7) is 5.10. The summed E-state index contributed by atoms with van der Waals surface area (Å²) in [5.41, 5.74) is -0.104. The van der Waals surface area contributed by atoms with Gasteiger partial charge in [-0.2, -0.15) is 18.4 Å². The zero-order valence-electron chi connectivity index (χ0n) is 18.0. The van der Waals surface area contributed by atoms with Crippen LogP contribution in [0.25, 0.3) is 11.1 Å². The van der Waals surface area contributed by atoms with Gasteiger partial charge in [-0.05, 0) is 56.5 Å². The monoisotopic (exact) mass is 445 g/mol. The molecule has 3 rings (SSSR count). The number of alkyl halides is 3. The highest BCUT2D eigenvalue weighted by Gasteiger charge is 2.31. The van der Waals surface area contributed by atoms with E-state index in [1.165, 1.54) is 12.3 Å². The normalized spacial score (nSPS) is 16.6. The number of anilines is 1. The Hall–Kier alpha value is -3.12. The van der Waals surface area contributed by atoms with E-state index in [1.807, 2.05) is 13.8 Å². The van der Waals surface area contributed by atoms with Crippen molar-refractivity contribution in [2.24, 2.45) is 0 Å². The Labute approximate surface area is 185 Å². The van der Waals surface area contributed by atoms with Crippen LogP contribution in [0.5, 0.6) is 0 Å². The van der Waals surface area contributed by atoms with Gasteiger partial charge in [0.05, 0.1) is 18.2 Å². The first kappa shape index (κ1) is 23.5. The summed E-state index contributed by atoms with van der Waals surface area (Å²) in [4.78, 5) is 18.3. The van der Waals surface area contributed by atoms with Crippen LogP contribution < -0.4 is 10.6 Å². The standard InChI is InChI=1S/C23H26F3N5O/c1-22(2,30-14-21(32)31-10-4-7-19(31)12-27)15-29-20-9-8-17(13-28-20)16-5-3-6-18(11-16)23(24,25)26/h3,5-6,8-9,11,13,19,30H,4,7,10,14-15H2,1-2H3,(H,28,29). The summed E-state index contributed by atoms with van der Waals surface area (Å²) >= 11 is 0. The zero-order valence-corrected chi connectivity index (χ0v) is 18.0. The summed E-state index contributed by atoms with van der Waals surface area (Å²) in [7, 11) is 0. The van der Waals surface area contributed by atoms with Crippen molar-refractivity contribution in [3.05, 3.63) is 48.2 Å². The number of hydrogen-bond donors (Lipinski definition) is 2. The zero-order chi connectivity index (χ0) is 23.4. The minimum absolute atomic E-state index is 0.0920. The Morgan fingerprint density at radius 2 is 2.03 bits per heavy atom. The van der Waals surface area contributed by atoms with Gasteiger partial charge in [0.25, 0.3) is 0 Å². The van der Waals surface area contributed by atoms with Crippen LogP contribution in [0.15, 0.2) is 42.6 Å². The van der Waals surface area contributed by atoms with E-state index in [9.17, 15) is 18.0 Å². The number of amides is 1. The van der Waals surface area contributed by atoms with Gasteiger partial charge < -0.3 is 15.5 Å². The molecule has 6 nitrogen and oxygen atoms in total. The molecule has 0 spiro atoms. The number of nitrogens with zero attached hydrogens (tertiary/aromatic N) is 3. The minimum atomic E-state index is -4.39. The minimum Gasteiger partial charge on any atom is -0.368 e. The number of carbonyl (C=O) groups excluding carboxylic acids is 1. The van der Waals surface area contributed by atoms with Crippen LogP contribution in [-0.2, 0) is 11.0 Å². The molecule has 0 saturated carbocycles. The van der Waals surface area contributed by atoms with Gasteiger partial charge in [0, 0.05) is 30.4 Å². The van der Waals surface area contributed by atoms with Crippen LogP contribution in [0.2, 0.25) is 0 Å². The largest absolute Gasteiger partial charge is 0.416 e. The Balaban J connectivity index is 1.54. The smallest absolute Gasteiger partial charge is 0.368 e. The highest BCUT2D eigenvalue weighted by molar-refractivity contribution is 5.79. The van der Waals surface area contributed by atoms with E-state index in [0.717, 1.165) is 25.0 Å². The molecule has 1 saturated heterocycles. The van der Waals surface area contributed by atoms with Crippen molar-refractivity contribution in [1.82, 2.24) is 15.2 Å².